The van der Waals surface area contributed by atoms with Gasteiger partial charge in [0.05, 0.1) is 5.02 Å². The number of hydrogen-bond donors (Lipinski definition) is 1. The molecule has 0 radical (unpaired) electrons. The standard InChI is InChI=1S/C22H20Cl2N4O3S/c1-12-3-5-16(7-13(12)2)28-10-14(8-20(28)30)21-26-27-22(32-21)25-19(29)11-31-18-6-4-15(23)9-17(18)24/h3-7,9,14H,8,10-11H2,1-2H3,(H,25,27,29). The number of carbonyl (C=O) groups is 2. The fraction of sp³-hybridized carbons (Fsp3) is 0.273. The molecule has 166 valence electrons. The first kappa shape index (κ1) is 22.5. The summed E-state index contributed by atoms with van der Waals surface area (Å²) in [5.74, 6) is -0.0540. The van der Waals surface area contributed by atoms with E-state index in [4.69, 9.17) is 27.9 Å². The molecular weight excluding hydrogens is 471 g/mol. The highest BCUT2D eigenvalue weighted by Gasteiger charge is 2.34. The zero-order valence-electron chi connectivity index (χ0n) is 17.4. The molecule has 1 aliphatic heterocycles. The van der Waals surface area contributed by atoms with Crippen molar-refractivity contribution in [1.82, 2.24) is 10.2 Å². The summed E-state index contributed by atoms with van der Waals surface area (Å²) < 4.78 is 5.43. The molecule has 0 aliphatic carbocycles. The Morgan fingerprint density at radius 3 is 2.75 bits per heavy atom. The van der Waals surface area contributed by atoms with Crippen molar-refractivity contribution in [2.45, 2.75) is 26.2 Å². The minimum atomic E-state index is -0.391. The molecule has 4 rings (SSSR count). The van der Waals surface area contributed by atoms with Gasteiger partial charge in [0.25, 0.3) is 5.91 Å². The van der Waals surface area contributed by atoms with Crippen molar-refractivity contribution in [2.24, 2.45) is 0 Å². The van der Waals surface area contributed by atoms with Crippen LogP contribution in [0.15, 0.2) is 36.4 Å². The van der Waals surface area contributed by atoms with Crippen LogP contribution in [0.2, 0.25) is 10.0 Å². The number of nitrogens with one attached hydrogen (secondary N) is 1. The molecule has 1 fully saturated rings. The van der Waals surface area contributed by atoms with E-state index in [1.54, 1.807) is 17.0 Å². The van der Waals surface area contributed by atoms with E-state index in [2.05, 4.69) is 15.5 Å². The van der Waals surface area contributed by atoms with E-state index >= 15 is 0 Å². The lowest BCUT2D eigenvalue weighted by atomic mass is 10.1. The number of aromatic nitrogens is 2. The van der Waals surface area contributed by atoms with Crippen molar-refractivity contribution in [3.8, 4) is 5.75 Å². The predicted octanol–water partition coefficient (Wildman–Crippen LogP) is 5.00. The molecule has 0 saturated carbocycles. The summed E-state index contributed by atoms with van der Waals surface area (Å²) in [5.41, 5.74) is 3.21. The topological polar surface area (TPSA) is 84.4 Å². The van der Waals surface area contributed by atoms with Crippen molar-refractivity contribution in [3.05, 3.63) is 62.6 Å². The quantitative estimate of drug-likeness (QED) is 0.525. The summed E-state index contributed by atoms with van der Waals surface area (Å²) in [5, 5.41) is 12.8. The Bertz CT molecular complexity index is 1180. The van der Waals surface area contributed by atoms with E-state index in [0.717, 1.165) is 11.3 Å². The van der Waals surface area contributed by atoms with Crippen molar-refractivity contribution < 1.29 is 14.3 Å². The molecular formula is C22H20Cl2N4O3S. The molecule has 2 heterocycles. The normalized spacial score (nSPS) is 15.8. The maximum atomic E-state index is 12.6. The number of amides is 2. The molecule has 3 aromatic rings. The fourth-order valence-electron chi connectivity index (χ4n) is 3.36. The van der Waals surface area contributed by atoms with Crippen LogP contribution < -0.4 is 15.0 Å². The van der Waals surface area contributed by atoms with Crippen LogP contribution in [0.4, 0.5) is 10.8 Å². The summed E-state index contributed by atoms with van der Waals surface area (Å²) >= 11 is 13.2. The Morgan fingerprint density at radius 2 is 2.00 bits per heavy atom. The number of hydrogen-bond acceptors (Lipinski definition) is 6. The molecule has 1 atom stereocenters. The predicted molar refractivity (Wildman–Crippen MR) is 126 cm³/mol. The van der Waals surface area contributed by atoms with Gasteiger partial charge >= 0.3 is 0 Å². The monoisotopic (exact) mass is 490 g/mol. The third kappa shape index (κ3) is 5.03. The van der Waals surface area contributed by atoms with Gasteiger partial charge in [0.15, 0.2) is 6.61 Å². The summed E-state index contributed by atoms with van der Waals surface area (Å²) in [6, 6.07) is 10.8. The smallest absolute Gasteiger partial charge is 0.264 e. The zero-order valence-corrected chi connectivity index (χ0v) is 19.7. The van der Waals surface area contributed by atoms with Crippen LogP contribution >= 0.6 is 34.5 Å². The van der Waals surface area contributed by atoms with Crippen molar-refractivity contribution >= 4 is 57.2 Å². The first-order chi connectivity index (χ1) is 15.3. The SMILES string of the molecule is Cc1ccc(N2CC(c3nnc(NC(=O)COc4ccc(Cl)cc4Cl)s3)CC2=O)cc1C. The third-order valence-corrected chi connectivity index (χ3v) is 6.75. The average Bonchev–Trinajstić information content (AvgIpc) is 3.36. The van der Waals surface area contributed by atoms with Gasteiger partial charge in [-0.2, -0.15) is 0 Å². The van der Waals surface area contributed by atoms with Crippen LogP contribution in [0.3, 0.4) is 0 Å². The van der Waals surface area contributed by atoms with Crippen LogP contribution in [0.1, 0.15) is 28.5 Å². The lowest BCUT2D eigenvalue weighted by Crippen LogP contribution is -2.24. The number of aryl methyl sites for hydroxylation is 2. The number of anilines is 2. The van der Waals surface area contributed by atoms with E-state index in [-0.39, 0.29) is 18.4 Å². The van der Waals surface area contributed by atoms with Gasteiger partial charge in [0, 0.05) is 29.6 Å². The van der Waals surface area contributed by atoms with Gasteiger partial charge < -0.3 is 9.64 Å². The molecule has 0 spiro atoms. The Balaban J connectivity index is 1.35. The average molecular weight is 491 g/mol. The molecule has 7 nitrogen and oxygen atoms in total. The second kappa shape index (κ2) is 9.44. The lowest BCUT2D eigenvalue weighted by molar-refractivity contribution is -0.118. The molecule has 1 aliphatic rings. The summed E-state index contributed by atoms with van der Waals surface area (Å²) in [4.78, 5) is 26.6. The Hall–Kier alpha value is -2.68. The molecule has 1 N–H and O–H groups in total. The highest BCUT2D eigenvalue weighted by molar-refractivity contribution is 7.15. The van der Waals surface area contributed by atoms with Gasteiger partial charge in [0.1, 0.15) is 10.8 Å². The second-order valence-corrected chi connectivity index (χ2v) is 9.38. The number of halogens is 2. The lowest BCUT2D eigenvalue weighted by Gasteiger charge is -2.17. The summed E-state index contributed by atoms with van der Waals surface area (Å²) in [6.07, 6.45) is 0.355. The zero-order chi connectivity index (χ0) is 22.8. The van der Waals surface area contributed by atoms with Crippen molar-refractivity contribution in [3.63, 3.8) is 0 Å². The maximum absolute atomic E-state index is 12.6. The Labute approximate surface area is 199 Å². The van der Waals surface area contributed by atoms with Gasteiger partial charge in [0.2, 0.25) is 11.0 Å². The van der Waals surface area contributed by atoms with Gasteiger partial charge in [-0.05, 0) is 55.3 Å². The van der Waals surface area contributed by atoms with Crippen LogP contribution in [0.25, 0.3) is 0 Å². The number of benzene rings is 2. The highest BCUT2D eigenvalue weighted by Crippen LogP contribution is 2.35. The molecule has 2 aromatic carbocycles. The summed E-state index contributed by atoms with van der Waals surface area (Å²) in [6.45, 7) is 4.36. The molecule has 1 unspecified atom stereocenters. The Kier molecular flexibility index (Phi) is 6.64. The maximum Gasteiger partial charge on any atom is 0.264 e. The number of carbonyl (C=O) groups excluding carboxylic acids is 2. The van der Waals surface area contributed by atoms with E-state index < -0.39 is 5.91 Å². The summed E-state index contributed by atoms with van der Waals surface area (Å²) in [7, 11) is 0. The fourth-order valence-corrected chi connectivity index (χ4v) is 4.67. The van der Waals surface area contributed by atoms with Gasteiger partial charge in [-0.25, -0.2) is 0 Å². The number of rotatable bonds is 6. The van der Waals surface area contributed by atoms with Crippen LogP contribution in [-0.4, -0.2) is 35.2 Å². The molecule has 0 bridgehead atoms. The third-order valence-electron chi connectivity index (χ3n) is 5.22. The van der Waals surface area contributed by atoms with E-state index in [1.165, 1.54) is 23.0 Å². The van der Waals surface area contributed by atoms with Gasteiger partial charge in [-0.1, -0.05) is 40.6 Å². The van der Waals surface area contributed by atoms with Gasteiger partial charge in [-0.15, -0.1) is 10.2 Å². The van der Waals surface area contributed by atoms with Crippen molar-refractivity contribution in [1.29, 1.82) is 0 Å². The largest absolute Gasteiger partial charge is 0.482 e. The van der Waals surface area contributed by atoms with Crippen LogP contribution in [0.5, 0.6) is 5.75 Å². The second-order valence-electron chi connectivity index (χ2n) is 7.53. The van der Waals surface area contributed by atoms with E-state index in [0.29, 0.717) is 38.9 Å². The number of nitrogens with zero attached hydrogens (tertiary/aromatic N) is 3. The minimum Gasteiger partial charge on any atom is -0.482 e. The minimum absolute atomic E-state index is 0.0484. The van der Waals surface area contributed by atoms with Crippen LogP contribution in [0, 0.1) is 13.8 Å². The first-order valence-corrected chi connectivity index (χ1v) is 11.5. The van der Waals surface area contributed by atoms with Crippen molar-refractivity contribution in [2.75, 3.05) is 23.4 Å². The van der Waals surface area contributed by atoms with E-state index in [1.807, 2.05) is 32.0 Å². The Morgan fingerprint density at radius 1 is 1.19 bits per heavy atom. The molecule has 10 heteroatoms. The number of ether oxygens (including phenoxy) is 1. The van der Waals surface area contributed by atoms with Crippen LogP contribution in [-0.2, 0) is 9.59 Å². The highest BCUT2D eigenvalue weighted by atomic mass is 35.5. The molecule has 2 amide bonds. The van der Waals surface area contributed by atoms with E-state index in [9.17, 15) is 9.59 Å². The first-order valence-electron chi connectivity index (χ1n) is 9.89. The molecule has 32 heavy (non-hydrogen) atoms. The molecule has 1 saturated heterocycles. The molecule has 1 aromatic heterocycles. The van der Waals surface area contributed by atoms with Gasteiger partial charge in [-0.3, -0.25) is 14.9 Å².